The number of carbonyl (C=O) groups is 1. The van der Waals surface area contributed by atoms with Crippen molar-refractivity contribution in [3.05, 3.63) is 93.6 Å². The predicted molar refractivity (Wildman–Crippen MR) is 129 cm³/mol. The van der Waals surface area contributed by atoms with Crippen LogP contribution < -0.4 is 15.5 Å². The molecular weight excluding hydrogens is 446 g/mol. The molecule has 2 aromatic heterocycles. The highest BCUT2D eigenvalue weighted by Gasteiger charge is 2.22. The van der Waals surface area contributed by atoms with Gasteiger partial charge < -0.3 is 9.15 Å². The molecule has 7 heteroatoms. The summed E-state index contributed by atoms with van der Waals surface area (Å²) < 4.78 is 12.8. The Hall–Kier alpha value is -3.61. The summed E-state index contributed by atoms with van der Waals surface area (Å²) in [5.41, 5.74) is 1.55. The Morgan fingerprint density at radius 1 is 1.00 bits per heavy atom. The number of rotatable bonds is 4. The van der Waals surface area contributed by atoms with Crippen LogP contribution in [-0.4, -0.2) is 13.0 Å². The lowest BCUT2D eigenvalue weighted by atomic mass is 10.1. The minimum atomic E-state index is -0.404. The van der Waals surface area contributed by atoms with Crippen LogP contribution in [-0.2, 0) is 0 Å². The highest BCUT2D eigenvalue weighted by molar-refractivity contribution is 7.25. The Labute approximate surface area is 191 Å². The summed E-state index contributed by atoms with van der Waals surface area (Å²) >= 11 is 7.31. The van der Waals surface area contributed by atoms with Gasteiger partial charge in [-0.25, -0.2) is 0 Å². The number of anilines is 1. The number of hydrogen-bond acceptors (Lipinski definition) is 5. The Kier molecular flexibility index (Phi) is 5.17. The Morgan fingerprint density at radius 2 is 1.72 bits per heavy atom. The zero-order valence-electron chi connectivity index (χ0n) is 16.8. The molecule has 0 aliphatic carbocycles. The number of nitrogens with one attached hydrogen (secondary N) is 1. The first kappa shape index (κ1) is 20.3. The molecule has 0 aliphatic heterocycles. The van der Waals surface area contributed by atoms with E-state index < -0.39 is 5.91 Å². The molecule has 5 aromatic rings. The number of halogens is 1. The van der Waals surface area contributed by atoms with Gasteiger partial charge >= 0.3 is 0 Å². The lowest BCUT2D eigenvalue weighted by Gasteiger charge is -2.11. The van der Waals surface area contributed by atoms with E-state index in [9.17, 15) is 9.59 Å². The zero-order chi connectivity index (χ0) is 22.2. The molecule has 1 N–H and O–H groups in total. The van der Waals surface area contributed by atoms with Crippen LogP contribution in [0, 0.1) is 0 Å². The normalized spacial score (nSPS) is 11.1. The van der Waals surface area contributed by atoms with Crippen molar-refractivity contribution in [3.8, 4) is 16.9 Å². The maximum Gasteiger partial charge on any atom is 0.257 e. The van der Waals surface area contributed by atoms with Gasteiger partial charge in [0.1, 0.15) is 10.4 Å². The van der Waals surface area contributed by atoms with Crippen molar-refractivity contribution in [2.45, 2.75) is 0 Å². The molecule has 0 spiro atoms. The maximum absolute atomic E-state index is 13.6. The average Bonchev–Trinajstić information content (AvgIpc) is 3.19. The molecule has 1 amide bonds. The Bertz CT molecular complexity index is 1520. The monoisotopic (exact) mass is 461 g/mol. The lowest BCUT2D eigenvalue weighted by molar-refractivity contribution is 0.102. The highest BCUT2D eigenvalue weighted by Crippen LogP contribution is 2.37. The van der Waals surface area contributed by atoms with E-state index >= 15 is 0 Å². The number of carbonyl (C=O) groups excluding carboxylic acids is 1. The van der Waals surface area contributed by atoms with Gasteiger partial charge in [-0.05, 0) is 54.1 Å². The van der Waals surface area contributed by atoms with Crippen molar-refractivity contribution >= 4 is 55.1 Å². The minimum Gasteiger partial charge on any atom is -0.497 e. The summed E-state index contributed by atoms with van der Waals surface area (Å²) in [4.78, 5) is 26.5. The Balaban J connectivity index is 1.72. The number of amides is 1. The predicted octanol–water partition coefficient (Wildman–Crippen LogP) is 6.59. The third-order valence-electron chi connectivity index (χ3n) is 5.13. The molecule has 0 aliphatic rings. The number of thiophene rings is 1. The lowest BCUT2D eigenvalue weighted by Crippen LogP contribution is -2.16. The fourth-order valence-corrected chi connectivity index (χ4v) is 4.73. The zero-order valence-corrected chi connectivity index (χ0v) is 18.4. The summed E-state index contributed by atoms with van der Waals surface area (Å²) in [5.74, 6) is 0.350. The van der Waals surface area contributed by atoms with E-state index in [-0.39, 0.29) is 16.9 Å². The molecule has 32 heavy (non-hydrogen) atoms. The number of hydrogen-bond donors (Lipinski definition) is 1. The van der Waals surface area contributed by atoms with Gasteiger partial charge in [0.2, 0.25) is 11.3 Å². The number of fused-ring (bicyclic) bond motifs is 3. The fourth-order valence-electron chi connectivity index (χ4n) is 3.53. The number of benzene rings is 3. The van der Waals surface area contributed by atoms with Crippen LogP contribution in [0.5, 0.6) is 5.75 Å². The van der Waals surface area contributed by atoms with Crippen LogP contribution in [0.25, 0.3) is 31.5 Å². The second kappa shape index (κ2) is 8.15. The Morgan fingerprint density at radius 3 is 2.44 bits per heavy atom. The summed E-state index contributed by atoms with van der Waals surface area (Å²) in [6.45, 7) is 0. The first-order chi connectivity index (χ1) is 15.5. The number of ether oxygens (including phenoxy) is 1. The van der Waals surface area contributed by atoms with Crippen molar-refractivity contribution in [1.82, 2.24) is 0 Å². The van der Waals surface area contributed by atoms with Gasteiger partial charge in [-0.1, -0.05) is 35.9 Å². The van der Waals surface area contributed by atoms with Crippen molar-refractivity contribution in [2.75, 3.05) is 12.4 Å². The fraction of sp³-hybridized carbons (Fsp3) is 0.0400. The second-order valence-electron chi connectivity index (χ2n) is 7.08. The first-order valence-electron chi connectivity index (χ1n) is 9.75. The van der Waals surface area contributed by atoms with Crippen LogP contribution in [0.4, 0.5) is 5.88 Å². The van der Waals surface area contributed by atoms with E-state index in [0.29, 0.717) is 32.2 Å². The van der Waals surface area contributed by atoms with Gasteiger partial charge in [0.05, 0.1) is 12.7 Å². The van der Waals surface area contributed by atoms with Crippen molar-refractivity contribution in [2.24, 2.45) is 0 Å². The molecule has 0 atom stereocenters. The van der Waals surface area contributed by atoms with Gasteiger partial charge in [-0.15, -0.1) is 11.3 Å². The van der Waals surface area contributed by atoms with E-state index in [4.69, 9.17) is 20.8 Å². The first-order valence-corrected chi connectivity index (χ1v) is 10.9. The third kappa shape index (κ3) is 3.53. The molecular formula is C25H16ClNO4S. The summed E-state index contributed by atoms with van der Waals surface area (Å²) in [5, 5.41) is 4.14. The summed E-state index contributed by atoms with van der Waals surface area (Å²) in [7, 11) is 1.57. The average molecular weight is 462 g/mol. The van der Waals surface area contributed by atoms with Gasteiger partial charge in [0.15, 0.2) is 5.58 Å². The van der Waals surface area contributed by atoms with Crippen LogP contribution in [0.3, 0.4) is 0 Å². The van der Waals surface area contributed by atoms with E-state index in [1.165, 1.54) is 11.3 Å². The molecule has 158 valence electrons. The molecule has 0 unspecified atom stereocenters. The molecule has 0 fully saturated rings. The smallest absolute Gasteiger partial charge is 0.257 e. The van der Waals surface area contributed by atoms with Gasteiger partial charge in [-0.2, -0.15) is 0 Å². The molecule has 0 radical (unpaired) electrons. The quantitative estimate of drug-likeness (QED) is 0.328. The molecule has 5 nitrogen and oxygen atoms in total. The topological polar surface area (TPSA) is 68.5 Å². The van der Waals surface area contributed by atoms with Crippen LogP contribution >= 0.6 is 22.9 Å². The van der Waals surface area contributed by atoms with Crippen LogP contribution in [0.15, 0.2) is 82.0 Å². The van der Waals surface area contributed by atoms with E-state index in [1.807, 2.05) is 24.3 Å². The minimum absolute atomic E-state index is 0.0937. The molecule has 3 aromatic carbocycles. The van der Waals surface area contributed by atoms with Crippen molar-refractivity contribution in [1.29, 1.82) is 0 Å². The maximum atomic E-state index is 13.6. The molecule has 2 heterocycles. The van der Waals surface area contributed by atoms with Crippen molar-refractivity contribution in [3.63, 3.8) is 0 Å². The van der Waals surface area contributed by atoms with Gasteiger partial charge in [0.25, 0.3) is 5.91 Å². The summed E-state index contributed by atoms with van der Waals surface area (Å²) in [6, 6.07) is 21.2. The van der Waals surface area contributed by atoms with Crippen molar-refractivity contribution < 1.29 is 13.9 Å². The van der Waals surface area contributed by atoms with Crippen LogP contribution in [0.1, 0.15) is 10.4 Å². The SMILES string of the molecule is COc1ccc(-c2c(NC(=O)c3ccc(Cl)cc3)oc3c(sc4ccccc43)c2=O)cc1. The molecule has 0 saturated heterocycles. The summed E-state index contributed by atoms with van der Waals surface area (Å²) in [6.07, 6.45) is 0. The van der Waals surface area contributed by atoms with Gasteiger partial charge in [0, 0.05) is 20.7 Å². The van der Waals surface area contributed by atoms with E-state index in [0.717, 1.165) is 10.1 Å². The largest absolute Gasteiger partial charge is 0.497 e. The standard InChI is InChI=1S/C25H16ClNO4S/c1-30-17-12-8-14(9-13-17)20-21(28)23-22(18-4-2-3-5-19(18)32-23)31-25(20)27-24(29)15-6-10-16(26)11-7-15/h2-13H,1H3,(H,27,29). The molecule has 0 saturated carbocycles. The molecule has 0 bridgehead atoms. The third-order valence-corrected chi connectivity index (χ3v) is 6.53. The highest BCUT2D eigenvalue weighted by atomic mass is 35.5. The van der Waals surface area contributed by atoms with E-state index in [2.05, 4.69) is 5.32 Å². The van der Waals surface area contributed by atoms with Crippen LogP contribution in [0.2, 0.25) is 5.02 Å². The van der Waals surface area contributed by atoms with Gasteiger partial charge in [-0.3, -0.25) is 14.9 Å². The number of methoxy groups -OCH3 is 1. The molecule has 5 rings (SSSR count). The van der Waals surface area contributed by atoms with E-state index in [1.54, 1.807) is 55.6 Å². The second-order valence-corrected chi connectivity index (χ2v) is 8.57.